The molecule has 21 heavy (non-hydrogen) atoms. The van der Waals surface area contributed by atoms with Crippen LogP contribution >= 0.6 is 11.3 Å². The molecule has 0 aliphatic carbocycles. The lowest BCUT2D eigenvalue weighted by atomic mass is 10.1. The summed E-state index contributed by atoms with van der Waals surface area (Å²) in [6, 6.07) is 9.47. The van der Waals surface area contributed by atoms with Crippen LogP contribution in [0.1, 0.15) is 46.6 Å². The van der Waals surface area contributed by atoms with E-state index in [1.165, 1.54) is 25.7 Å². The fraction of sp³-hybridized carbons (Fsp3) is 0.412. The third kappa shape index (κ3) is 3.16. The number of hydrogen-bond donors (Lipinski definition) is 0. The van der Waals surface area contributed by atoms with Crippen LogP contribution in [0.5, 0.6) is 0 Å². The van der Waals surface area contributed by atoms with Crippen molar-refractivity contribution in [2.75, 3.05) is 18.0 Å². The zero-order valence-electron chi connectivity index (χ0n) is 12.3. The molecular weight excluding hydrogens is 280 g/mol. The maximum atomic E-state index is 12.6. The second-order valence-corrected chi connectivity index (χ2v) is 6.48. The summed E-state index contributed by atoms with van der Waals surface area (Å²) in [6.45, 7) is 4.06. The molecule has 0 amide bonds. The van der Waals surface area contributed by atoms with Crippen LogP contribution in [0.3, 0.4) is 0 Å². The zero-order valence-corrected chi connectivity index (χ0v) is 13.2. The minimum Gasteiger partial charge on any atom is -0.348 e. The molecule has 0 atom stereocenters. The lowest BCUT2D eigenvalue weighted by Gasteiger charge is -2.18. The van der Waals surface area contributed by atoms with Crippen molar-refractivity contribution in [3.8, 4) is 0 Å². The third-order valence-corrected chi connectivity index (χ3v) is 5.12. The van der Waals surface area contributed by atoms with E-state index in [-0.39, 0.29) is 5.78 Å². The lowest BCUT2D eigenvalue weighted by Crippen LogP contribution is -2.23. The molecule has 2 aromatic rings. The number of carbonyl (C=O) groups is 1. The van der Waals surface area contributed by atoms with Crippen LogP contribution in [-0.2, 0) is 0 Å². The summed E-state index contributed by atoms with van der Waals surface area (Å²) in [5.74, 6) is 0.0895. The lowest BCUT2D eigenvalue weighted by molar-refractivity contribution is 0.104. The first-order valence-electron chi connectivity index (χ1n) is 7.58. The van der Waals surface area contributed by atoms with Gasteiger partial charge in [0, 0.05) is 18.7 Å². The number of anilines is 1. The molecule has 3 nitrogen and oxygen atoms in total. The van der Waals surface area contributed by atoms with E-state index in [0.29, 0.717) is 0 Å². The van der Waals surface area contributed by atoms with Gasteiger partial charge in [0.15, 0.2) is 5.13 Å². The van der Waals surface area contributed by atoms with Gasteiger partial charge < -0.3 is 4.90 Å². The Balaban J connectivity index is 1.85. The summed E-state index contributed by atoms with van der Waals surface area (Å²) in [4.78, 5) is 20.3. The van der Waals surface area contributed by atoms with E-state index < -0.39 is 0 Å². The predicted molar refractivity (Wildman–Crippen MR) is 87.4 cm³/mol. The molecule has 0 radical (unpaired) electrons. The Morgan fingerprint density at radius 1 is 1.10 bits per heavy atom. The molecule has 1 saturated heterocycles. The molecule has 3 rings (SSSR count). The van der Waals surface area contributed by atoms with Crippen molar-refractivity contribution in [2.24, 2.45) is 0 Å². The summed E-state index contributed by atoms with van der Waals surface area (Å²) in [5.41, 5.74) is 1.60. The van der Waals surface area contributed by atoms with E-state index in [0.717, 1.165) is 34.4 Å². The number of ketones is 1. The molecule has 0 spiro atoms. The summed E-state index contributed by atoms with van der Waals surface area (Å²) in [7, 11) is 0. The van der Waals surface area contributed by atoms with E-state index in [4.69, 9.17) is 0 Å². The third-order valence-electron chi connectivity index (χ3n) is 3.90. The van der Waals surface area contributed by atoms with E-state index >= 15 is 0 Å². The molecule has 0 bridgehead atoms. The first kappa shape index (κ1) is 14.3. The molecule has 4 heteroatoms. The number of benzene rings is 1. The molecule has 1 aromatic heterocycles. The smallest absolute Gasteiger partial charge is 0.204 e. The van der Waals surface area contributed by atoms with Gasteiger partial charge in [-0.25, -0.2) is 4.98 Å². The fourth-order valence-corrected chi connectivity index (χ4v) is 3.79. The second kappa shape index (κ2) is 6.39. The minimum atomic E-state index is 0.0895. The van der Waals surface area contributed by atoms with E-state index in [1.54, 1.807) is 11.3 Å². The van der Waals surface area contributed by atoms with Crippen molar-refractivity contribution in [1.29, 1.82) is 0 Å². The van der Waals surface area contributed by atoms with Crippen molar-refractivity contribution in [3.63, 3.8) is 0 Å². The molecule has 0 N–H and O–H groups in total. The normalized spacial score (nSPS) is 15.8. The number of aromatic nitrogens is 1. The van der Waals surface area contributed by atoms with Gasteiger partial charge in [0.05, 0.1) is 10.6 Å². The Kier molecular flexibility index (Phi) is 4.34. The standard InChI is InChI=1S/C17H20N2OS/c1-13-16(15(20)14-9-5-4-6-10-14)21-17(18-13)19-11-7-2-3-8-12-19/h4-6,9-10H,2-3,7-8,11-12H2,1H3. The van der Waals surface area contributed by atoms with Crippen molar-refractivity contribution in [3.05, 3.63) is 46.5 Å². The fourth-order valence-electron chi connectivity index (χ4n) is 2.71. The summed E-state index contributed by atoms with van der Waals surface area (Å²) >= 11 is 1.54. The molecule has 1 fully saturated rings. The van der Waals surface area contributed by atoms with Crippen molar-refractivity contribution < 1.29 is 4.79 Å². The predicted octanol–water partition coefficient (Wildman–Crippen LogP) is 4.06. The highest BCUT2D eigenvalue weighted by molar-refractivity contribution is 7.17. The van der Waals surface area contributed by atoms with Gasteiger partial charge in [-0.1, -0.05) is 54.5 Å². The summed E-state index contributed by atoms with van der Waals surface area (Å²) in [6.07, 6.45) is 5.05. The number of rotatable bonds is 3. The summed E-state index contributed by atoms with van der Waals surface area (Å²) < 4.78 is 0. The monoisotopic (exact) mass is 300 g/mol. The summed E-state index contributed by atoms with van der Waals surface area (Å²) in [5, 5.41) is 1.01. The molecule has 1 aliphatic rings. The van der Waals surface area contributed by atoms with Crippen LogP contribution in [0.25, 0.3) is 0 Å². The van der Waals surface area contributed by atoms with Crippen LogP contribution in [-0.4, -0.2) is 23.9 Å². The number of thiazole rings is 1. The maximum absolute atomic E-state index is 12.6. The van der Waals surface area contributed by atoms with Crippen molar-refractivity contribution in [1.82, 2.24) is 4.98 Å². The maximum Gasteiger partial charge on any atom is 0.204 e. The first-order valence-corrected chi connectivity index (χ1v) is 8.39. The Bertz CT molecular complexity index is 613. The van der Waals surface area contributed by atoms with E-state index in [1.807, 2.05) is 37.3 Å². The number of carbonyl (C=O) groups excluding carboxylic acids is 1. The van der Waals surface area contributed by atoms with Crippen LogP contribution in [0, 0.1) is 6.92 Å². The molecule has 0 unspecified atom stereocenters. The average Bonchev–Trinajstić information content (AvgIpc) is 2.74. The van der Waals surface area contributed by atoms with Crippen LogP contribution < -0.4 is 4.90 Å². The van der Waals surface area contributed by atoms with Crippen LogP contribution in [0.15, 0.2) is 30.3 Å². The van der Waals surface area contributed by atoms with Crippen molar-refractivity contribution >= 4 is 22.3 Å². The van der Waals surface area contributed by atoms with Gasteiger partial charge in [-0.05, 0) is 19.8 Å². The van der Waals surface area contributed by atoms with Gasteiger partial charge in [0.2, 0.25) is 5.78 Å². The van der Waals surface area contributed by atoms with Crippen LogP contribution in [0.2, 0.25) is 0 Å². The highest BCUT2D eigenvalue weighted by atomic mass is 32.1. The highest BCUT2D eigenvalue weighted by Crippen LogP contribution is 2.29. The zero-order chi connectivity index (χ0) is 14.7. The Morgan fingerprint density at radius 2 is 1.76 bits per heavy atom. The Morgan fingerprint density at radius 3 is 2.43 bits per heavy atom. The number of aryl methyl sites for hydroxylation is 1. The largest absolute Gasteiger partial charge is 0.348 e. The van der Waals surface area contributed by atoms with Gasteiger partial charge in [0.25, 0.3) is 0 Å². The average molecular weight is 300 g/mol. The molecule has 1 aromatic carbocycles. The van der Waals surface area contributed by atoms with Gasteiger partial charge >= 0.3 is 0 Å². The van der Waals surface area contributed by atoms with Gasteiger partial charge in [0.1, 0.15) is 0 Å². The number of nitrogens with zero attached hydrogens (tertiary/aromatic N) is 2. The highest BCUT2D eigenvalue weighted by Gasteiger charge is 2.20. The van der Waals surface area contributed by atoms with Crippen LogP contribution in [0.4, 0.5) is 5.13 Å². The van der Waals surface area contributed by atoms with E-state index in [9.17, 15) is 4.79 Å². The quantitative estimate of drug-likeness (QED) is 0.801. The van der Waals surface area contributed by atoms with Gasteiger partial charge in [-0.15, -0.1) is 0 Å². The molecule has 0 saturated carbocycles. The Hall–Kier alpha value is -1.68. The molecular formula is C17H20N2OS. The Labute approximate surface area is 129 Å². The molecule has 1 aliphatic heterocycles. The number of hydrogen-bond acceptors (Lipinski definition) is 4. The second-order valence-electron chi connectivity index (χ2n) is 5.51. The van der Waals surface area contributed by atoms with E-state index in [2.05, 4.69) is 9.88 Å². The first-order chi connectivity index (χ1) is 10.3. The molecule has 2 heterocycles. The SMILES string of the molecule is Cc1nc(N2CCCCCC2)sc1C(=O)c1ccccc1. The van der Waals surface area contributed by atoms with Gasteiger partial charge in [-0.3, -0.25) is 4.79 Å². The molecule has 110 valence electrons. The minimum absolute atomic E-state index is 0.0895. The van der Waals surface area contributed by atoms with Crippen molar-refractivity contribution in [2.45, 2.75) is 32.6 Å². The topological polar surface area (TPSA) is 33.2 Å². The van der Waals surface area contributed by atoms with Gasteiger partial charge in [-0.2, -0.15) is 0 Å².